The Hall–Kier alpha value is -2.73. The Morgan fingerprint density at radius 3 is 2.05 bits per heavy atom. The van der Waals surface area contributed by atoms with Gasteiger partial charge in [0.15, 0.2) is 5.82 Å². The molecule has 2 N–H and O–H groups in total. The number of anilines is 1. The highest BCUT2D eigenvalue weighted by atomic mass is 32.2. The van der Waals surface area contributed by atoms with Crippen LogP contribution >= 0.6 is 0 Å². The number of nitrogen functional groups attached to an aromatic ring is 1. The molecule has 0 saturated heterocycles. The molecule has 6 heteroatoms. The van der Waals surface area contributed by atoms with Gasteiger partial charge in [-0.05, 0) is 12.1 Å². The van der Waals surface area contributed by atoms with E-state index in [0.717, 1.165) is 5.56 Å². The number of hydrogen-bond acceptors (Lipinski definition) is 5. The molecule has 5 nitrogen and oxygen atoms in total. The van der Waals surface area contributed by atoms with E-state index in [1.807, 2.05) is 30.3 Å². The predicted octanol–water partition coefficient (Wildman–Crippen LogP) is 2.56. The van der Waals surface area contributed by atoms with E-state index in [0.29, 0.717) is 5.82 Å². The van der Waals surface area contributed by atoms with E-state index in [1.54, 1.807) is 18.2 Å². The number of nitrogens with zero attached hydrogens (tertiary/aromatic N) is 2. The second-order valence-corrected chi connectivity index (χ2v) is 6.54. The lowest BCUT2D eigenvalue weighted by atomic mass is 10.2. The molecule has 0 aliphatic heterocycles. The largest absolute Gasteiger partial charge is 0.382 e. The van der Waals surface area contributed by atoms with Crippen LogP contribution in [0.1, 0.15) is 0 Å². The number of benzene rings is 2. The van der Waals surface area contributed by atoms with Gasteiger partial charge < -0.3 is 5.73 Å². The van der Waals surface area contributed by atoms with Gasteiger partial charge in [-0.2, -0.15) is 0 Å². The molecule has 1 heterocycles. The number of nitrogens with two attached hydrogens (primary N) is 1. The van der Waals surface area contributed by atoms with Gasteiger partial charge in [0.2, 0.25) is 9.84 Å². The fourth-order valence-corrected chi connectivity index (χ4v) is 3.33. The van der Waals surface area contributed by atoms with Gasteiger partial charge in [-0.1, -0.05) is 48.5 Å². The minimum Gasteiger partial charge on any atom is -0.382 e. The molecular formula is C16H13N3O2S. The normalized spacial score (nSPS) is 11.3. The maximum Gasteiger partial charge on any atom is 0.211 e. The van der Waals surface area contributed by atoms with Crippen molar-refractivity contribution in [1.82, 2.24) is 9.97 Å². The SMILES string of the molecule is Nc1nc(-c2ccccc2)ncc1S(=O)(=O)c1ccccc1. The molecule has 22 heavy (non-hydrogen) atoms. The average molecular weight is 311 g/mol. The first kappa shape index (κ1) is 14.2. The third-order valence-electron chi connectivity index (χ3n) is 3.16. The van der Waals surface area contributed by atoms with Crippen LogP contribution in [0.25, 0.3) is 11.4 Å². The first-order valence-electron chi connectivity index (χ1n) is 6.57. The van der Waals surface area contributed by atoms with Crippen LogP contribution < -0.4 is 5.73 Å². The summed E-state index contributed by atoms with van der Waals surface area (Å²) in [4.78, 5) is 8.33. The van der Waals surface area contributed by atoms with E-state index < -0.39 is 9.84 Å². The monoisotopic (exact) mass is 311 g/mol. The second-order valence-electron chi connectivity index (χ2n) is 4.63. The van der Waals surface area contributed by atoms with Gasteiger partial charge in [0.05, 0.1) is 11.1 Å². The highest BCUT2D eigenvalue weighted by molar-refractivity contribution is 7.91. The van der Waals surface area contributed by atoms with Crippen LogP contribution in [-0.2, 0) is 9.84 Å². The molecule has 0 fully saturated rings. The molecule has 0 aliphatic rings. The van der Waals surface area contributed by atoms with E-state index >= 15 is 0 Å². The number of hydrogen-bond donors (Lipinski definition) is 1. The summed E-state index contributed by atoms with van der Waals surface area (Å²) in [6.45, 7) is 0. The fraction of sp³-hybridized carbons (Fsp3) is 0. The Bertz CT molecular complexity index is 895. The fourth-order valence-electron chi connectivity index (χ4n) is 2.04. The van der Waals surface area contributed by atoms with Gasteiger partial charge in [-0.3, -0.25) is 0 Å². The minimum atomic E-state index is -3.72. The van der Waals surface area contributed by atoms with Crippen LogP contribution in [0.2, 0.25) is 0 Å². The van der Waals surface area contributed by atoms with Gasteiger partial charge in [0.1, 0.15) is 10.7 Å². The van der Waals surface area contributed by atoms with Gasteiger partial charge in [-0.15, -0.1) is 0 Å². The van der Waals surface area contributed by atoms with Crippen molar-refractivity contribution in [3.8, 4) is 11.4 Å². The summed E-state index contributed by atoms with van der Waals surface area (Å²) in [6, 6.07) is 17.3. The van der Waals surface area contributed by atoms with E-state index in [1.165, 1.54) is 18.3 Å². The van der Waals surface area contributed by atoms with Crippen LogP contribution in [-0.4, -0.2) is 18.4 Å². The van der Waals surface area contributed by atoms with Crippen LogP contribution in [0.3, 0.4) is 0 Å². The number of aromatic nitrogens is 2. The summed E-state index contributed by atoms with van der Waals surface area (Å²) < 4.78 is 25.1. The molecule has 3 rings (SSSR count). The van der Waals surface area contributed by atoms with Gasteiger partial charge in [0, 0.05) is 5.56 Å². The maximum atomic E-state index is 12.5. The van der Waals surface area contributed by atoms with Gasteiger partial charge in [0.25, 0.3) is 0 Å². The molecule has 0 aliphatic carbocycles. The zero-order valence-corrected chi connectivity index (χ0v) is 12.4. The lowest BCUT2D eigenvalue weighted by Crippen LogP contribution is -2.08. The van der Waals surface area contributed by atoms with Crippen LogP contribution in [0.4, 0.5) is 5.82 Å². The van der Waals surface area contributed by atoms with E-state index in [9.17, 15) is 8.42 Å². The topological polar surface area (TPSA) is 85.9 Å². The Balaban J connectivity index is 2.07. The Morgan fingerprint density at radius 2 is 1.45 bits per heavy atom. The van der Waals surface area contributed by atoms with Crippen LogP contribution in [0, 0.1) is 0 Å². The van der Waals surface area contributed by atoms with Crippen molar-refractivity contribution in [2.45, 2.75) is 9.79 Å². The lowest BCUT2D eigenvalue weighted by Gasteiger charge is -2.08. The predicted molar refractivity (Wildman–Crippen MR) is 83.8 cm³/mol. The van der Waals surface area contributed by atoms with Crippen molar-refractivity contribution in [2.75, 3.05) is 5.73 Å². The van der Waals surface area contributed by atoms with Gasteiger partial charge in [-0.25, -0.2) is 18.4 Å². The lowest BCUT2D eigenvalue weighted by molar-refractivity contribution is 0.595. The molecule has 0 unspecified atom stereocenters. The highest BCUT2D eigenvalue weighted by Crippen LogP contribution is 2.25. The molecule has 0 saturated carbocycles. The second kappa shape index (κ2) is 5.57. The van der Waals surface area contributed by atoms with E-state index in [2.05, 4.69) is 9.97 Å². The molecule has 0 radical (unpaired) electrons. The molecule has 0 spiro atoms. The Kier molecular flexibility index (Phi) is 3.60. The van der Waals surface area contributed by atoms with Crippen molar-refractivity contribution in [1.29, 1.82) is 0 Å². The molecule has 0 atom stereocenters. The van der Waals surface area contributed by atoms with Crippen molar-refractivity contribution < 1.29 is 8.42 Å². The Labute approximate surface area is 128 Å². The smallest absolute Gasteiger partial charge is 0.211 e. The van der Waals surface area contributed by atoms with Crippen molar-refractivity contribution in [2.24, 2.45) is 0 Å². The average Bonchev–Trinajstić information content (AvgIpc) is 2.56. The summed E-state index contributed by atoms with van der Waals surface area (Å²) in [5, 5.41) is 0. The highest BCUT2D eigenvalue weighted by Gasteiger charge is 2.22. The standard InChI is InChI=1S/C16H13N3O2S/c17-15-14(22(20,21)13-9-5-2-6-10-13)11-18-16(19-15)12-7-3-1-4-8-12/h1-11H,(H2,17,18,19). The maximum absolute atomic E-state index is 12.5. The molecule has 3 aromatic rings. The first-order chi connectivity index (χ1) is 10.6. The van der Waals surface area contributed by atoms with E-state index in [-0.39, 0.29) is 15.6 Å². The first-order valence-corrected chi connectivity index (χ1v) is 8.05. The number of rotatable bonds is 3. The third-order valence-corrected chi connectivity index (χ3v) is 4.94. The molecular weight excluding hydrogens is 298 g/mol. The summed E-state index contributed by atoms with van der Waals surface area (Å²) in [6.07, 6.45) is 1.26. The van der Waals surface area contributed by atoms with E-state index in [4.69, 9.17) is 5.73 Å². The third kappa shape index (κ3) is 2.56. The molecule has 1 aromatic heterocycles. The van der Waals surface area contributed by atoms with Crippen LogP contribution in [0.5, 0.6) is 0 Å². The van der Waals surface area contributed by atoms with Crippen molar-refractivity contribution >= 4 is 15.7 Å². The molecule has 110 valence electrons. The molecule has 2 aromatic carbocycles. The number of sulfone groups is 1. The summed E-state index contributed by atoms with van der Waals surface area (Å²) in [5.41, 5.74) is 6.63. The molecule has 0 bridgehead atoms. The Morgan fingerprint density at radius 1 is 0.864 bits per heavy atom. The quantitative estimate of drug-likeness (QED) is 0.803. The summed E-state index contributed by atoms with van der Waals surface area (Å²) in [7, 11) is -3.72. The summed E-state index contributed by atoms with van der Waals surface area (Å²) in [5.74, 6) is 0.336. The zero-order valence-electron chi connectivity index (χ0n) is 11.5. The van der Waals surface area contributed by atoms with Gasteiger partial charge >= 0.3 is 0 Å². The molecule has 0 amide bonds. The zero-order chi connectivity index (χ0) is 15.6. The van der Waals surface area contributed by atoms with Crippen LogP contribution in [0.15, 0.2) is 76.7 Å². The minimum absolute atomic E-state index is 0.0577. The van der Waals surface area contributed by atoms with Crippen molar-refractivity contribution in [3.63, 3.8) is 0 Å². The summed E-state index contributed by atoms with van der Waals surface area (Å²) >= 11 is 0. The van der Waals surface area contributed by atoms with Crippen molar-refractivity contribution in [3.05, 3.63) is 66.9 Å².